The number of rotatable bonds is 6. The molecule has 0 saturated heterocycles. The normalized spacial score (nSPS) is 10.5. The van der Waals surface area contributed by atoms with E-state index in [1.807, 2.05) is 13.8 Å². The summed E-state index contributed by atoms with van der Waals surface area (Å²) in [5.41, 5.74) is 0.831. The first-order valence-electron chi connectivity index (χ1n) is 5.51. The van der Waals surface area contributed by atoms with Crippen molar-refractivity contribution in [3.8, 4) is 6.07 Å². The van der Waals surface area contributed by atoms with E-state index in [-0.39, 0.29) is 11.7 Å². The second-order valence-electron chi connectivity index (χ2n) is 3.90. The molecule has 3 nitrogen and oxygen atoms in total. The molecule has 0 saturated carbocycles. The number of nitriles is 1. The SMILES string of the molecule is CC(C)OCCOCc1ccc(F)c(C#N)c1. The van der Waals surface area contributed by atoms with Crippen LogP contribution in [0.4, 0.5) is 4.39 Å². The van der Waals surface area contributed by atoms with Crippen LogP contribution in [0.15, 0.2) is 18.2 Å². The van der Waals surface area contributed by atoms with Gasteiger partial charge in [-0.3, -0.25) is 0 Å². The summed E-state index contributed by atoms with van der Waals surface area (Å²) in [5.74, 6) is -0.501. The van der Waals surface area contributed by atoms with Crippen molar-refractivity contribution in [2.45, 2.75) is 26.6 Å². The van der Waals surface area contributed by atoms with E-state index < -0.39 is 5.82 Å². The molecule has 0 radical (unpaired) electrons. The lowest BCUT2D eigenvalue weighted by Crippen LogP contribution is -2.09. The first kappa shape index (κ1) is 13.6. The Morgan fingerprint density at radius 3 is 2.76 bits per heavy atom. The number of nitrogens with zero attached hydrogens (tertiary/aromatic N) is 1. The molecule has 0 aliphatic heterocycles. The number of hydrogen-bond donors (Lipinski definition) is 0. The van der Waals surface area contributed by atoms with Crippen LogP contribution in [-0.2, 0) is 16.1 Å². The zero-order chi connectivity index (χ0) is 12.7. The molecular weight excluding hydrogens is 221 g/mol. The highest BCUT2D eigenvalue weighted by molar-refractivity contribution is 5.34. The van der Waals surface area contributed by atoms with Gasteiger partial charge in [0.1, 0.15) is 11.9 Å². The molecule has 1 rings (SSSR count). The van der Waals surface area contributed by atoms with Crippen molar-refractivity contribution >= 4 is 0 Å². The topological polar surface area (TPSA) is 42.2 Å². The molecule has 0 amide bonds. The number of halogens is 1. The van der Waals surface area contributed by atoms with Crippen molar-refractivity contribution in [3.63, 3.8) is 0 Å². The Balaban J connectivity index is 2.35. The largest absolute Gasteiger partial charge is 0.376 e. The third kappa shape index (κ3) is 4.94. The zero-order valence-electron chi connectivity index (χ0n) is 10.1. The Morgan fingerprint density at radius 2 is 2.12 bits per heavy atom. The fraction of sp³-hybridized carbons (Fsp3) is 0.462. The van der Waals surface area contributed by atoms with Gasteiger partial charge in [-0.15, -0.1) is 0 Å². The molecule has 0 N–H and O–H groups in total. The molecule has 92 valence electrons. The standard InChI is InChI=1S/C13H16FNO2/c1-10(2)17-6-5-16-9-11-3-4-13(14)12(7-11)8-15/h3-4,7,10H,5-6,9H2,1-2H3. The maximum Gasteiger partial charge on any atom is 0.140 e. The fourth-order valence-corrected chi connectivity index (χ4v) is 1.28. The average Bonchev–Trinajstić information content (AvgIpc) is 2.30. The summed E-state index contributed by atoms with van der Waals surface area (Å²) in [6.07, 6.45) is 0.189. The summed E-state index contributed by atoms with van der Waals surface area (Å²) in [7, 11) is 0. The Kier molecular flexibility index (Phi) is 5.61. The van der Waals surface area contributed by atoms with Gasteiger partial charge in [0.15, 0.2) is 0 Å². The molecule has 0 aliphatic carbocycles. The van der Waals surface area contributed by atoms with Crippen LogP contribution in [0.25, 0.3) is 0 Å². The third-order valence-corrected chi connectivity index (χ3v) is 2.10. The molecule has 1 aromatic rings. The lowest BCUT2D eigenvalue weighted by molar-refractivity contribution is 0.0143. The van der Waals surface area contributed by atoms with E-state index in [0.717, 1.165) is 5.56 Å². The second kappa shape index (κ2) is 7.00. The van der Waals surface area contributed by atoms with Crippen molar-refractivity contribution in [3.05, 3.63) is 35.1 Å². The molecule has 0 spiro atoms. The van der Waals surface area contributed by atoms with E-state index in [4.69, 9.17) is 14.7 Å². The third-order valence-electron chi connectivity index (χ3n) is 2.10. The molecule has 0 fully saturated rings. The second-order valence-corrected chi connectivity index (χ2v) is 3.90. The minimum atomic E-state index is -0.501. The van der Waals surface area contributed by atoms with Crippen LogP contribution >= 0.6 is 0 Å². The molecule has 0 aliphatic rings. The first-order chi connectivity index (χ1) is 8.13. The summed E-state index contributed by atoms with van der Waals surface area (Å²) >= 11 is 0. The molecule has 1 aromatic carbocycles. The van der Waals surface area contributed by atoms with Gasteiger partial charge in [0.05, 0.1) is 31.5 Å². The van der Waals surface area contributed by atoms with E-state index in [2.05, 4.69) is 0 Å². The highest BCUT2D eigenvalue weighted by atomic mass is 19.1. The minimum Gasteiger partial charge on any atom is -0.376 e. The minimum absolute atomic E-state index is 0.0459. The van der Waals surface area contributed by atoms with E-state index in [0.29, 0.717) is 19.8 Å². The predicted octanol–water partition coefficient (Wildman–Crippen LogP) is 2.64. The quantitative estimate of drug-likeness (QED) is 0.714. The monoisotopic (exact) mass is 237 g/mol. The van der Waals surface area contributed by atoms with Crippen LogP contribution in [0.3, 0.4) is 0 Å². The summed E-state index contributed by atoms with van der Waals surface area (Å²) < 4.78 is 23.7. The molecule has 0 unspecified atom stereocenters. The van der Waals surface area contributed by atoms with Crippen molar-refractivity contribution in [1.29, 1.82) is 5.26 Å². The zero-order valence-corrected chi connectivity index (χ0v) is 10.1. The van der Waals surface area contributed by atoms with Gasteiger partial charge in [0, 0.05) is 0 Å². The van der Waals surface area contributed by atoms with E-state index >= 15 is 0 Å². The van der Waals surface area contributed by atoms with E-state index in [9.17, 15) is 4.39 Å². The average molecular weight is 237 g/mol. The molecule has 4 heteroatoms. The summed E-state index contributed by atoms with van der Waals surface area (Å²) in [4.78, 5) is 0. The molecule has 0 aromatic heterocycles. The summed E-state index contributed by atoms with van der Waals surface area (Å²) in [5, 5.41) is 8.66. The van der Waals surface area contributed by atoms with Crippen molar-refractivity contribution in [2.75, 3.05) is 13.2 Å². The molecular formula is C13H16FNO2. The molecule has 0 heterocycles. The van der Waals surface area contributed by atoms with Crippen LogP contribution in [0.2, 0.25) is 0 Å². The Labute approximate surface area is 101 Å². The maximum absolute atomic E-state index is 13.0. The van der Waals surface area contributed by atoms with Gasteiger partial charge in [0.25, 0.3) is 0 Å². The highest BCUT2D eigenvalue weighted by Crippen LogP contribution is 2.10. The summed E-state index contributed by atoms with van der Waals surface area (Å²) in [6, 6.07) is 6.19. The van der Waals surface area contributed by atoms with Gasteiger partial charge >= 0.3 is 0 Å². The van der Waals surface area contributed by atoms with Crippen molar-refractivity contribution in [1.82, 2.24) is 0 Å². The van der Waals surface area contributed by atoms with Gasteiger partial charge < -0.3 is 9.47 Å². The van der Waals surface area contributed by atoms with E-state index in [1.165, 1.54) is 12.1 Å². The molecule has 17 heavy (non-hydrogen) atoms. The highest BCUT2D eigenvalue weighted by Gasteiger charge is 2.02. The fourth-order valence-electron chi connectivity index (χ4n) is 1.28. The van der Waals surface area contributed by atoms with Gasteiger partial charge in [-0.1, -0.05) is 6.07 Å². The Morgan fingerprint density at radius 1 is 1.35 bits per heavy atom. The van der Waals surface area contributed by atoms with Gasteiger partial charge in [0.2, 0.25) is 0 Å². The van der Waals surface area contributed by atoms with Gasteiger partial charge in [-0.25, -0.2) is 4.39 Å². The number of ether oxygens (including phenoxy) is 2. The summed E-state index contributed by atoms with van der Waals surface area (Å²) in [6.45, 7) is 5.29. The van der Waals surface area contributed by atoms with Crippen LogP contribution < -0.4 is 0 Å². The van der Waals surface area contributed by atoms with E-state index in [1.54, 1.807) is 12.1 Å². The smallest absolute Gasteiger partial charge is 0.140 e. The van der Waals surface area contributed by atoms with Gasteiger partial charge in [-0.05, 0) is 31.5 Å². The van der Waals surface area contributed by atoms with Crippen molar-refractivity contribution in [2.24, 2.45) is 0 Å². The number of hydrogen-bond acceptors (Lipinski definition) is 3. The maximum atomic E-state index is 13.0. The van der Waals surface area contributed by atoms with Crippen LogP contribution in [0, 0.1) is 17.1 Å². The van der Waals surface area contributed by atoms with Crippen molar-refractivity contribution < 1.29 is 13.9 Å². The predicted molar refractivity (Wildman–Crippen MR) is 61.9 cm³/mol. The Bertz CT molecular complexity index is 399. The van der Waals surface area contributed by atoms with Crippen LogP contribution in [0.1, 0.15) is 25.0 Å². The lowest BCUT2D eigenvalue weighted by Gasteiger charge is -2.08. The first-order valence-corrected chi connectivity index (χ1v) is 5.51. The van der Waals surface area contributed by atoms with Crippen LogP contribution in [0.5, 0.6) is 0 Å². The molecule has 0 bridgehead atoms. The van der Waals surface area contributed by atoms with Gasteiger partial charge in [-0.2, -0.15) is 5.26 Å². The molecule has 0 atom stereocenters. The Hall–Kier alpha value is -1.44. The lowest BCUT2D eigenvalue weighted by atomic mass is 10.1. The number of benzene rings is 1. The van der Waals surface area contributed by atoms with Crippen LogP contribution in [-0.4, -0.2) is 19.3 Å².